The molecule has 1 aromatic rings. The zero-order chi connectivity index (χ0) is 12.5. The summed E-state index contributed by atoms with van der Waals surface area (Å²) in [5.41, 5.74) is 1.65. The van der Waals surface area contributed by atoms with Crippen molar-refractivity contribution in [3.63, 3.8) is 0 Å². The summed E-state index contributed by atoms with van der Waals surface area (Å²) in [5.74, 6) is 6.46. The van der Waals surface area contributed by atoms with E-state index in [0.717, 1.165) is 36.8 Å². The fraction of sp³-hybridized carbons (Fsp3) is 0.438. The van der Waals surface area contributed by atoms with Gasteiger partial charge in [-0.05, 0) is 18.9 Å². The Morgan fingerprint density at radius 2 is 1.94 bits per heavy atom. The van der Waals surface area contributed by atoms with Crippen LogP contribution in [0.4, 0.5) is 0 Å². The van der Waals surface area contributed by atoms with Crippen molar-refractivity contribution in [2.75, 3.05) is 0 Å². The Labute approximate surface area is 104 Å². The monoisotopic (exact) mass is 228 g/mol. The Morgan fingerprint density at radius 1 is 1.18 bits per heavy atom. The molecule has 0 spiro atoms. The van der Waals surface area contributed by atoms with Crippen molar-refractivity contribution in [3.8, 4) is 11.8 Å². The quantitative estimate of drug-likeness (QED) is 0.419. The van der Waals surface area contributed by atoms with Crippen molar-refractivity contribution >= 4 is 5.78 Å². The van der Waals surface area contributed by atoms with E-state index in [9.17, 15) is 4.79 Å². The van der Waals surface area contributed by atoms with Gasteiger partial charge in [-0.15, -0.1) is 0 Å². The summed E-state index contributed by atoms with van der Waals surface area (Å²) < 4.78 is 0. The molecule has 0 atom stereocenters. The zero-order valence-electron chi connectivity index (χ0n) is 10.8. The molecule has 0 aliphatic rings. The molecule has 0 N–H and O–H groups in total. The van der Waals surface area contributed by atoms with Gasteiger partial charge in [0.1, 0.15) is 0 Å². The van der Waals surface area contributed by atoms with Crippen molar-refractivity contribution in [2.24, 2.45) is 0 Å². The average Bonchev–Trinajstić information content (AvgIpc) is 2.35. The molecule has 0 bridgehead atoms. The number of carbonyl (C=O) groups excluding carboxylic acids is 1. The molecule has 0 radical (unpaired) electrons. The van der Waals surface area contributed by atoms with Gasteiger partial charge in [0.2, 0.25) is 0 Å². The molecule has 90 valence electrons. The highest BCUT2D eigenvalue weighted by Crippen LogP contribution is 2.11. The van der Waals surface area contributed by atoms with Crippen molar-refractivity contribution in [3.05, 3.63) is 35.4 Å². The van der Waals surface area contributed by atoms with Gasteiger partial charge in [-0.25, -0.2) is 0 Å². The zero-order valence-corrected chi connectivity index (χ0v) is 10.8. The van der Waals surface area contributed by atoms with Crippen molar-refractivity contribution in [1.29, 1.82) is 0 Å². The van der Waals surface area contributed by atoms with Crippen molar-refractivity contribution < 1.29 is 4.79 Å². The van der Waals surface area contributed by atoms with Crippen LogP contribution in [-0.2, 0) is 0 Å². The van der Waals surface area contributed by atoms with Gasteiger partial charge in [0.05, 0.1) is 0 Å². The van der Waals surface area contributed by atoms with Crippen LogP contribution >= 0.6 is 0 Å². The topological polar surface area (TPSA) is 17.1 Å². The Bertz CT molecular complexity index is 421. The van der Waals surface area contributed by atoms with E-state index < -0.39 is 0 Å². The van der Waals surface area contributed by atoms with Crippen LogP contribution in [0.1, 0.15) is 61.9 Å². The van der Waals surface area contributed by atoms with E-state index in [4.69, 9.17) is 0 Å². The molecular weight excluding hydrogens is 208 g/mol. The number of carbonyl (C=O) groups is 1. The molecule has 17 heavy (non-hydrogen) atoms. The predicted molar refractivity (Wildman–Crippen MR) is 72.1 cm³/mol. The Balaban J connectivity index is 2.83. The number of Topliss-reactive ketones (excluding diaryl/α,β-unsaturated/α-hetero) is 1. The molecule has 1 heteroatoms. The van der Waals surface area contributed by atoms with Crippen LogP contribution in [-0.4, -0.2) is 5.78 Å². The van der Waals surface area contributed by atoms with Gasteiger partial charge in [0.15, 0.2) is 5.78 Å². The second kappa shape index (κ2) is 7.68. The van der Waals surface area contributed by atoms with Crippen molar-refractivity contribution in [1.82, 2.24) is 0 Å². The SMILES string of the molecule is CCCCC#Cc1ccccc1C(=O)CCC. The van der Waals surface area contributed by atoms with Crippen LogP contribution in [0.3, 0.4) is 0 Å². The molecule has 0 heterocycles. The van der Waals surface area contributed by atoms with Crippen LogP contribution in [0.5, 0.6) is 0 Å². The predicted octanol–water partition coefficient (Wildman–Crippen LogP) is 4.21. The van der Waals surface area contributed by atoms with E-state index >= 15 is 0 Å². The molecule has 0 amide bonds. The molecular formula is C16H20O. The van der Waals surface area contributed by atoms with E-state index in [-0.39, 0.29) is 5.78 Å². The second-order valence-electron chi connectivity index (χ2n) is 4.12. The van der Waals surface area contributed by atoms with Crippen LogP contribution in [0.15, 0.2) is 24.3 Å². The smallest absolute Gasteiger partial charge is 0.164 e. The first-order valence-electron chi connectivity index (χ1n) is 6.40. The summed E-state index contributed by atoms with van der Waals surface area (Å²) in [5, 5.41) is 0. The average molecular weight is 228 g/mol. The molecule has 0 aliphatic carbocycles. The molecule has 0 saturated carbocycles. The highest BCUT2D eigenvalue weighted by Gasteiger charge is 2.07. The maximum Gasteiger partial charge on any atom is 0.164 e. The van der Waals surface area contributed by atoms with E-state index in [0.29, 0.717) is 6.42 Å². The lowest BCUT2D eigenvalue weighted by molar-refractivity contribution is 0.0981. The second-order valence-corrected chi connectivity index (χ2v) is 4.12. The highest BCUT2D eigenvalue weighted by atomic mass is 16.1. The first-order chi connectivity index (χ1) is 8.29. The highest BCUT2D eigenvalue weighted by molar-refractivity contribution is 5.98. The third-order valence-corrected chi connectivity index (χ3v) is 2.58. The summed E-state index contributed by atoms with van der Waals surface area (Å²) in [6.07, 6.45) is 4.68. The van der Waals surface area contributed by atoms with E-state index in [2.05, 4.69) is 18.8 Å². The summed E-state index contributed by atoms with van der Waals surface area (Å²) >= 11 is 0. The summed E-state index contributed by atoms with van der Waals surface area (Å²) in [7, 11) is 0. The number of hydrogen-bond donors (Lipinski definition) is 0. The van der Waals surface area contributed by atoms with Crippen molar-refractivity contribution in [2.45, 2.75) is 46.0 Å². The fourth-order valence-corrected chi connectivity index (χ4v) is 1.62. The first kappa shape index (κ1) is 13.5. The number of ketones is 1. The van der Waals surface area contributed by atoms with Crippen LogP contribution in [0.25, 0.3) is 0 Å². The lowest BCUT2D eigenvalue weighted by atomic mass is 10.0. The fourth-order valence-electron chi connectivity index (χ4n) is 1.62. The molecule has 1 nitrogen and oxygen atoms in total. The first-order valence-corrected chi connectivity index (χ1v) is 6.40. The van der Waals surface area contributed by atoms with Crippen LogP contribution < -0.4 is 0 Å². The molecule has 0 aromatic heterocycles. The third kappa shape index (κ3) is 4.44. The molecule has 1 aromatic carbocycles. The molecule has 1 rings (SSSR count). The Morgan fingerprint density at radius 3 is 2.65 bits per heavy atom. The standard InChI is InChI=1S/C16H20O/c1-3-5-6-7-11-14-12-8-9-13-15(14)16(17)10-4-2/h8-9,12-13H,3-6,10H2,1-2H3. The maximum atomic E-state index is 11.9. The lowest BCUT2D eigenvalue weighted by Gasteiger charge is -2.01. The van der Waals surface area contributed by atoms with Gasteiger partial charge >= 0.3 is 0 Å². The van der Waals surface area contributed by atoms with Crippen LogP contribution in [0.2, 0.25) is 0 Å². The van der Waals surface area contributed by atoms with Gasteiger partial charge < -0.3 is 0 Å². The molecule has 0 saturated heterocycles. The maximum absolute atomic E-state index is 11.9. The Kier molecular flexibility index (Phi) is 6.10. The summed E-state index contributed by atoms with van der Waals surface area (Å²) in [4.78, 5) is 11.9. The van der Waals surface area contributed by atoms with Gasteiger partial charge in [-0.3, -0.25) is 4.79 Å². The van der Waals surface area contributed by atoms with Gasteiger partial charge in [-0.1, -0.05) is 50.3 Å². The number of rotatable bonds is 5. The van der Waals surface area contributed by atoms with Gasteiger partial charge in [0.25, 0.3) is 0 Å². The summed E-state index contributed by atoms with van der Waals surface area (Å²) in [6, 6.07) is 7.65. The summed E-state index contributed by atoms with van der Waals surface area (Å²) in [6.45, 7) is 4.17. The normalized spacial score (nSPS) is 9.53. The van der Waals surface area contributed by atoms with Gasteiger partial charge in [0, 0.05) is 24.0 Å². The lowest BCUT2D eigenvalue weighted by Crippen LogP contribution is -2.00. The number of unbranched alkanes of at least 4 members (excludes halogenated alkanes) is 2. The minimum Gasteiger partial charge on any atom is -0.294 e. The number of hydrogen-bond acceptors (Lipinski definition) is 1. The van der Waals surface area contributed by atoms with E-state index in [1.165, 1.54) is 0 Å². The third-order valence-electron chi connectivity index (χ3n) is 2.58. The number of benzene rings is 1. The largest absolute Gasteiger partial charge is 0.294 e. The van der Waals surface area contributed by atoms with Gasteiger partial charge in [-0.2, -0.15) is 0 Å². The van der Waals surface area contributed by atoms with E-state index in [1.807, 2.05) is 31.2 Å². The molecule has 0 aliphatic heterocycles. The minimum atomic E-state index is 0.202. The van der Waals surface area contributed by atoms with Crippen LogP contribution in [0, 0.1) is 11.8 Å². The Hall–Kier alpha value is -1.55. The molecule has 0 fully saturated rings. The minimum absolute atomic E-state index is 0.202. The molecule has 0 unspecified atom stereocenters. The van der Waals surface area contributed by atoms with E-state index in [1.54, 1.807) is 0 Å².